The molecule has 0 saturated heterocycles. The molecular formula is C28H38N6OS. The Labute approximate surface area is 220 Å². The first-order chi connectivity index (χ1) is 17.6. The lowest BCUT2D eigenvalue weighted by molar-refractivity contribution is 0.102. The molecule has 0 saturated carbocycles. The van der Waals surface area contributed by atoms with Crippen molar-refractivity contribution < 1.29 is 7.65 Å². The zero-order valence-electron chi connectivity index (χ0n) is 21.7. The summed E-state index contributed by atoms with van der Waals surface area (Å²) in [5.41, 5.74) is 5.87. The number of rotatable bonds is 5. The first kappa shape index (κ1) is 26.8. The van der Waals surface area contributed by atoms with Gasteiger partial charge in [-0.05, 0) is 56.3 Å². The van der Waals surface area contributed by atoms with Gasteiger partial charge in [-0.15, -0.1) is 0 Å². The number of anilines is 2. The van der Waals surface area contributed by atoms with E-state index in [2.05, 4.69) is 30.3 Å². The minimum Gasteiger partial charge on any atom is -0.362 e. The SMILES string of the molecule is CC.CC.Cc1ncccc1NC(=O)c1cccc(NC2NC=C(c3c(C)nc4ccccn34)S2)c1.[HH].[HH]. The molecule has 4 heterocycles. The average Bonchev–Trinajstić information content (AvgIpc) is 3.50. The largest absolute Gasteiger partial charge is 0.362 e. The summed E-state index contributed by atoms with van der Waals surface area (Å²) in [6, 6.07) is 17.1. The van der Waals surface area contributed by atoms with Crippen molar-refractivity contribution in [2.45, 2.75) is 47.0 Å². The molecule has 1 aliphatic rings. The van der Waals surface area contributed by atoms with Gasteiger partial charge in [0.1, 0.15) is 11.1 Å². The zero-order valence-corrected chi connectivity index (χ0v) is 22.5. The highest BCUT2D eigenvalue weighted by molar-refractivity contribution is 8.09. The number of amides is 1. The van der Waals surface area contributed by atoms with Crippen molar-refractivity contribution in [1.82, 2.24) is 19.7 Å². The molecule has 5 rings (SSSR count). The van der Waals surface area contributed by atoms with Gasteiger partial charge in [0.2, 0.25) is 0 Å². The Kier molecular flexibility index (Phi) is 9.53. The maximum Gasteiger partial charge on any atom is 0.255 e. The lowest BCUT2D eigenvalue weighted by Crippen LogP contribution is -2.25. The molecule has 3 N–H and O–H groups in total. The number of carbonyl (C=O) groups is 1. The van der Waals surface area contributed by atoms with E-state index in [4.69, 9.17) is 0 Å². The number of aromatic nitrogens is 3. The molecule has 0 aliphatic carbocycles. The number of nitrogens with zero attached hydrogens (tertiary/aromatic N) is 3. The van der Waals surface area contributed by atoms with Gasteiger partial charge in [-0.1, -0.05) is 51.6 Å². The van der Waals surface area contributed by atoms with E-state index in [0.29, 0.717) is 11.3 Å². The molecule has 0 spiro atoms. The molecule has 1 aromatic carbocycles. The lowest BCUT2D eigenvalue weighted by atomic mass is 10.2. The van der Waals surface area contributed by atoms with Crippen LogP contribution in [0.4, 0.5) is 11.4 Å². The number of imidazole rings is 1. The minimum atomic E-state index is -0.169. The molecule has 7 nitrogen and oxygen atoms in total. The van der Waals surface area contributed by atoms with E-state index in [-0.39, 0.29) is 14.3 Å². The fourth-order valence-corrected chi connectivity index (χ4v) is 4.74. The summed E-state index contributed by atoms with van der Waals surface area (Å²) in [4.78, 5) is 22.7. The monoisotopic (exact) mass is 506 g/mol. The number of hydrogen-bond donors (Lipinski definition) is 3. The van der Waals surface area contributed by atoms with E-state index < -0.39 is 0 Å². The maximum atomic E-state index is 12.7. The van der Waals surface area contributed by atoms with Crippen molar-refractivity contribution in [3.05, 3.63) is 95.8 Å². The second-order valence-electron chi connectivity index (χ2n) is 7.46. The fraction of sp³-hybridized carbons (Fsp3) is 0.250. The van der Waals surface area contributed by atoms with Crippen molar-refractivity contribution >= 4 is 39.6 Å². The van der Waals surface area contributed by atoms with Crippen LogP contribution in [0.15, 0.2) is 73.2 Å². The molecular weight excluding hydrogens is 468 g/mol. The Morgan fingerprint density at radius 1 is 1.03 bits per heavy atom. The number of benzene rings is 1. The Hall–Kier alpha value is -3.78. The summed E-state index contributed by atoms with van der Waals surface area (Å²) in [5.74, 6) is -0.169. The van der Waals surface area contributed by atoms with Crippen molar-refractivity contribution in [3.63, 3.8) is 0 Å². The number of aryl methyl sites for hydroxylation is 2. The number of fused-ring (bicyclic) bond motifs is 1. The van der Waals surface area contributed by atoms with E-state index >= 15 is 0 Å². The molecule has 3 aromatic heterocycles. The van der Waals surface area contributed by atoms with Crippen molar-refractivity contribution in [2.24, 2.45) is 0 Å². The summed E-state index contributed by atoms with van der Waals surface area (Å²) in [6.07, 6.45) is 5.74. The third-order valence-electron chi connectivity index (χ3n) is 5.23. The minimum absolute atomic E-state index is 0. The van der Waals surface area contributed by atoms with Gasteiger partial charge in [0, 0.05) is 32.7 Å². The molecule has 1 amide bonds. The first-order valence-corrected chi connectivity index (χ1v) is 13.1. The lowest BCUT2D eigenvalue weighted by Gasteiger charge is -2.15. The summed E-state index contributed by atoms with van der Waals surface area (Å²) in [5, 5.41) is 9.75. The molecule has 0 radical (unpaired) electrons. The molecule has 8 heteroatoms. The fourth-order valence-electron chi connectivity index (χ4n) is 3.66. The molecule has 0 bridgehead atoms. The molecule has 192 valence electrons. The van der Waals surface area contributed by atoms with Gasteiger partial charge in [-0.3, -0.25) is 14.2 Å². The van der Waals surface area contributed by atoms with Crippen LogP contribution in [0.2, 0.25) is 0 Å². The Bertz CT molecular complexity index is 1360. The van der Waals surface area contributed by atoms with E-state index in [0.717, 1.165) is 33.3 Å². The summed E-state index contributed by atoms with van der Waals surface area (Å²) in [6.45, 7) is 11.9. The maximum absolute atomic E-state index is 12.7. The smallest absolute Gasteiger partial charge is 0.255 e. The quantitative estimate of drug-likeness (QED) is 0.266. The van der Waals surface area contributed by atoms with Crippen molar-refractivity contribution in [3.8, 4) is 0 Å². The van der Waals surface area contributed by atoms with Crippen molar-refractivity contribution in [2.75, 3.05) is 10.6 Å². The second kappa shape index (κ2) is 12.8. The number of carbonyl (C=O) groups excluding carboxylic acids is 1. The predicted molar refractivity (Wildman–Crippen MR) is 156 cm³/mol. The first-order valence-electron chi connectivity index (χ1n) is 12.2. The summed E-state index contributed by atoms with van der Waals surface area (Å²) < 4.78 is 2.10. The molecule has 4 aromatic rings. The van der Waals surface area contributed by atoms with Crippen LogP contribution in [0.1, 0.15) is 58.0 Å². The molecule has 1 unspecified atom stereocenters. The van der Waals surface area contributed by atoms with Crippen LogP contribution in [-0.4, -0.2) is 25.8 Å². The Morgan fingerprint density at radius 2 is 1.83 bits per heavy atom. The summed E-state index contributed by atoms with van der Waals surface area (Å²) in [7, 11) is 0. The normalized spacial score (nSPS) is 13.9. The van der Waals surface area contributed by atoms with E-state index in [9.17, 15) is 4.79 Å². The van der Waals surface area contributed by atoms with Gasteiger partial charge in [-0.2, -0.15) is 0 Å². The summed E-state index contributed by atoms with van der Waals surface area (Å²) >= 11 is 1.68. The van der Waals surface area contributed by atoms with E-state index in [1.165, 1.54) is 0 Å². The standard InChI is InChI=1S/C24H22N6OS.2C2H6.2H2/c1-15-19(9-6-11-25-15)29-23(31)17-7-5-8-18(13-17)28-24-26-14-20(32-24)22-16(2)27-21-10-3-4-12-30(21)22;2*1-2;;/h3-14,24,26,28H,1-2H3,(H,29,31);2*1-2H3;2*1H. The number of nitrogens with one attached hydrogen (secondary N) is 3. The number of thioether (sulfide) groups is 1. The Balaban J connectivity index is 0.00000115. The van der Waals surface area contributed by atoms with Gasteiger partial charge in [-0.25, -0.2) is 4.98 Å². The van der Waals surface area contributed by atoms with Crippen LogP contribution < -0.4 is 16.0 Å². The van der Waals surface area contributed by atoms with Crippen LogP contribution >= 0.6 is 11.8 Å². The average molecular weight is 507 g/mol. The highest BCUT2D eigenvalue weighted by Crippen LogP contribution is 2.36. The van der Waals surface area contributed by atoms with Crippen LogP contribution in [0.3, 0.4) is 0 Å². The molecule has 1 aliphatic heterocycles. The Morgan fingerprint density at radius 3 is 2.61 bits per heavy atom. The molecule has 1 atom stereocenters. The van der Waals surface area contributed by atoms with Crippen LogP contribution in [0, 0.1) is 13.8 Å². The zero-order chi connectivity index (χ0) is 26.1. The van der Waals surface area contributed by atoms with Gasteiger partial charge >= 0.3 is 0 Å². The highest BCUT2D eigenvalue weighted by Gasteiger charge is 2.23. The van der Waals surface area contributed by atoms with Gasteiger partial charge < -0.3 is 16.0 Å². The number of pyridine rings is 2. The van der Waals surface area contributed by atoms with E-state index in [1.54, 1.807) is 30.1 Å². The highest BCUT2D eigenvalue weighted by atomic mass is 32.2. The molecule has 36 heavy (non-hydrogen) atoms. The van der Waals surface area contributed by atoms with Gasteiger partial charge in [0.25, 0.3) is 5.91 Å². The number of hydrogen-bond acceptors (Lipinski definition) is 6. The third-order valence-corrected chi connectivity index (χ3v) is 6.28. The van der Waals surface area contributed by atoms with Gasteiger partial charge in [0.15, 0.2) is 0 Å². The predicted octanol–water partition coefficient (Wildman–Crippen LogP) is 7.17. The van der Waals surface area contributed by atoms with Crippen molar-refractivity contribution in [1.29, 1.82) is 0 Å². The van der Waals surface area contributed by atoms with Crippen LogP contribution in [0.25, 0.3) is 10.6 Å². The molecule has 0 fully saturated rings. The topological polar surface area (TPSA) is 83.3 Å². The van der Waals surface area contributed by atoms with Gasteiger partial charge in [0.05, 0.1) is 27.7 Å². The third kappa shape index (κ3) is 6.07. The second-order valence-corrected chi connectivity index (χ2v) is 8.61. The van der Waals surface area contributed by atoms with E-state index in [1.807, 2.05) is 96.4 Å². The van der Waals surface area contributed by atoms with Crippen LogP contribution in [-0.2, 0) is 0 Å². The van der Waals surface area contributed by atoms with Crippen LogP contribution in [0.5, 0.6) is 0 Å².